The Balaban J connectivity index is 0.000000231. The number of piperidine rings is 2. The van der Waals surface area contributed by atoms with Crippen molar-refractivity contribution in [3.05, 3.63) is 76.1 Å². The lowest BCUT2D eigenvalue weighted by Crippen LogP contribution is -2.45. The molecule has 3 heterocycles. The highest BCUT2D eigenvalue weighted by atomic mass is 79.9. The molecule has 0 spiro atoms. The fourth-order valence-electron chi connectivity index (χ4n) is 5.31. The predicted molar refractivity (Wildman–Crippen MR) is 209 cm³/mol. The maximum absolute atomic E-state index is 13.1. The fraction of sp³-hybridized carbons (Fsp3) is 0.500. The lowest BCUT2D eigenvalue weighted by atomic mass is 9.98. The number of nitrogens with zero attached hydrogens (tertiary/aromatic N) is 3. The van der Waals surface area contributed by atoms with Gasteiger partial charge in [-0.3, -0.25) is 4.79 Å². The van der Waals surface area contributed by atoms with Gasteiger partial charge in [-0.1, -0.05) is 28.1 Å². The van der Waals surface area contributed by atoms with Gasteiger partial charge in [0.25, 0.3) is 0 Å². The number of Topliss-reactive ketones (excluding diaryl/α,β-unsaturated/α-hetero) is 1. The fourth-order valence-corrected chi connectivity index (χ4v) is 6.79. The van der Waals surface area contributed by atoms with Crippen LogP contribution >= 0.6 is 39.5 Å². The second kappa shape index (κ2) is 19.5. The number of thiazole rings is 1. The third-order valence-electron chi connectivity index (χ3n) is 7.85. The van der Waals surface area contributed by atoms with Crippen molar-refractivity contribution in [3.63, 3.8) is 0 Å². The van der Waals surface area contributed by atoms with Crippen LogP contribution in [0.5, 0.6) is 0 Å². The molecule has 2 N–H and O–H groups in total. The van der Waals surface area contributed by atoms with Gasteiger partial charge in [0.1, 0.15) is 22.8 Å². The van der Waals surface area contributed by atoms with Gasteiger partial charge in [-0.25, -0.2) is 23.4 Å². The molecule has 2 amide bonds. The minimum absolute atomic E-state index is 0.0370. The van der Waals surface area contributed by atoms with Crippen LogP contribution < -0.4 is 5.73 Å². The molecule has 2 saturated heterocycles. The zero-order chi connectivity index (χ0) is 38.6. The number of thiocarbonyl (C=S) groups is 1. The van der Waals surface area contributed by atoms with Crippen molar-refractivity contribution < 1.29 is 32.6 Å². The van der Waals surface area contributed by atoms with Crippen LogP contribution in [0.15, 0.2) is 53.9 Å². The van der Waals surface area contributed by atoms with Gasteiger partial charge in [0, 0.05) is 54.5 Å². The number of ether oxygens (including phenoxy) is 2. The van der Waals surface area contributed by atoms with Gasteiger partial charge in [-0.05, 0) is 116 Å². The molecular weight excluding hydrogens is 774 g/mol. The van der Waals surface area contributed by atoms with Crippen LogP contribution in [0.1, 0.15) is 88.5 Å². The number of ketones is 1. The van der Waals surface area contributed by atoms with Crippen LogP contribution in [-0.4, -0.2) is 80.5 Å². The number of hydrogen-bond acceptors (Lipinski definition) is 8. The molecule has 0 radical (unpaired) electrons. The summed E-state index contributed by atoms with van der Waals surface area (Å²) in [5, 5.41) is 3.29. The summed E-state index contributed by atoms with van der Waals surface area (Å²) >= 11 is 9.59. The molecule has 5 rings (SSSR count). The molecule has 284 valence electrons. The van der Waals surface area contributed by atoms with Crippen molar-refractivity contribution in [2.75, 3.05) is 31.5 Å². The number of hydrogen-bond donors (Lipinski definition) is 1. The largest absolute Gasteiger partial charge is 0.444 e. The van der Waals surface area contributed by atoms with E-state index in [-0.39, 0.29) is 46.8 Å². The van der Waals surface area contributed by atoms with Crippen molar-refractivity contribution in [1.29, 1.82) is 0 Å². The third-order valence-corrected chi connectivity index (χ3v) is 9.70. The lowest BCUT2D eigenvalue weighted by Gasteiger charge is -2.33. The SMILES string of the molecule is CC(C)(C)OC(=O)N1CCCC(C(N)=S)C1.CC(C)(C)OC(=O)N1CCCC(c2nc(-c3ccc(F)cc3)cs2)C1.O=C(CBr)c1ccc(F)cc1. The molecule has 2 unspecified atom stereocenters. The number of nitrogens with two attached hydrogens (primary N) is 1. The topological polar surface area (TPSA) is 115 Å². The first-order valence-corrected chi connectivity index (χ1v) is 19.6. The van der Waals surface area contributed by atoms with E-state index in [1.54, 1.807) is 33.3 Å². The van der Waals surface area contributed by atoms with Crippen molar-refractivity contribution in [2.45, 2.75) is 84.3 Å². The molecule has 0 bridgehead atoms. The zero-order valence-electron chi connectivity index (χ0n) is 30.6. The van der Waals surface area contributed by atoms with Crippen LogP contribution in [0.2, 0.25) is 0 Å². The molecule has 1 aromatic heterocycles. The summed E-state index contributed by atoms with van der Waals surface area (Å²) in [6.07, 6.45) is 3.32. The zero-order valence-corrected chi connectivity index (χ0v) is 33.8. The van der Waals surface area contributed by atoms with Crippen LogP contribution in [0.3, 0.4) is 0 Å². The van der Waals surface area contributed by atoms with E-state index in [9.17, 15) is 23.2 Å². The van der Waals surface area contributed by atoms with E-state index in [0.29, 0.717) is 23.6 Å². The maximum atomic E-state index is 13.1. The molecular formula is C38H49BrF2N4O5S2. The highest BCUT2D eigenvalue weighted by Crippen LogP contribution is 2.32. The summed E-state index contributed by atoms with van der Waals surface area (Å²) in [6, 6.07) is 11.9. The van der Waals surface area contributed by atoms with E-state index in [0.717, 1.165) is 55.0 Å². The first-order valence-electron chi connectivity index (χ1n) is 17.2. The van der Waals surface area contributed by atoms with Crippen molar-refractivity contribution in [2.24, 2.45) is 11.7 Å². The number of benzene rings is 2. The number of likely N-dealkylation sites (tertiary alicyclic amines) is 2. The summed E-state index contributed by atoms with van der Waals surface area (Å²) in [7, 11) is 0. The number of carbonyl (C=O) groups excluding carboxylic acids is 3. The average molecular weight is 824 g/mol. The van der Waals surface area contributed by atoms with E-state index in [1.165, 1.54) is 36.4 Å². The monoisotopic (exact) mass is 822 g/mol. The standard InChI is InChI=1S/C19H23FN2O2S.C11H20N2O2S.C8H6BrFO/c1-19(2,3)24-18(23)22-10-4-5-14(11-22)17-21-16(12-25-17)13-6-8-15(20)9-7-13;1-11(2,3)15-10(14)13-6-4-5-8(7-13)9(12)16;9-5-8(11)6-1-3-7(10)4-2-6/h6-9,12,14H,4-5,10-11H2,1-3H3;8H,4-7H2,1-3H3,(H2,12,16);1-4H,5H2. The van der Waals surface area contributed by atoms with E-state index in [2.05, 4.69) is 15.9 Å². The van der Waals surface area contributed by atoms with Crippen molar-refractivity contribution >= 4 is 62.4 Å². The maximum Gasteiger partial charge on any atom is 0.410 e. The smallest absolute Gasteiger partial charge is 0.410 e. The second-order valence-electron chi connectivity index (χ2n) is 14.6. The van der Waals surface area contributed by atoms with Gasteiger partial charge >= 0.3 is 12.2 Å². The minimum atomic E-state index is -0.485. The third kappa shape index (κ3) is 14.5. The molecule has 0 aliphatic carbocycles. The van der Waals surface area contributed by atoms with E-state index < -0.39 is 11.2 Å². The Morgan fingerprint density at radius 3 is 1.87 bits per heavy atom. The Bertz CT molecular complexity index is 1640. The lowest BCUT2D eigenvalue weighted by molar-refractivity contribution is 0.0186. The Morgan fingerprint density at radius 2 is 1.37 bits per heavy atom. The number of alkyl halides is 1. The molecule has 52 heavy (non-hydrogen) atoms. The quantitative estimate of drug-likeness (QED) is 0.154. The molecule has 2 fully saturated rings. The summed E-state index contributed by atoms with van der Waals surface area (Å²) in [5.41, 5.74) is 6.97. The van der Waals surface area contributed by atoms with E-state index in [4.69, 9.17) is 32.4 Å². The average Bonchev–Trinajstić information content (AvgIpc) is 3.58. The van der Waals surface area contributed by atoms with Gasteiger partial charge in [-0.2, -0.15) is 0 Å². The summed E-state index contributed by atoms with van der Waals surface area (Å²) in [6.45, 7) is 13.9. The van der Waals surface area contributed by atoms with Crippen LogP contribution in [0, 0.1) is 17.6 Å². The van der Waals surface area contributed by atoms with Gasteiger partial charge in [0.15, 0.2) is 5.78 Å². The molecule has 0 saturated carbocycles. The minimum Gasteiger partial charge on any atom is -0.444 e. The van der Waals surface area contributed by atoms with Crippen LogP contribution in [0.25, 0.3) is 11.3 Å². The summed E-state index contributed by atoms with van der Waals surface area (Å²) in [4.78, 5) is 43.7. The Morgan fingerprint density at radius 1 is 0.865 bits per heavy atom. The van der Waals surface area contributed by atoms with Gasteiger partial charge in [-0.15, -0.1) is 11.3 Å². The Labute approximate surface area is 323 Å². The van der Waals surface area contributed by atoms with E-state index in [1.807, 2.05) is 46.9 Å². The normalized spacial score (nSPS) is 17.5. The number of aromatic nitrogens is 1. The molecule has 2 aliphatic rings. The van der Waals surface area contributed by atoms with Gasteiger partial charge in [0.2, 0.25) is 0 Å². The first-order chi connectivity index (χ1) is 24.3. The molecule has 2 aliphatic heterocycles. The van der Waals surface area contributed by atoms with Gasteiger partial charge in [0.05, 0.1) is 21.0 Å². The number of carbonyl (C=O) groups is 3. The molecule has 9 nitrogen and oxygen atoms in total. The van der Waals surface area contributed by atoms with Crippen LogP contribution in [-0.2, 0) is 9.47 Å². The van der Waals surface area contributed by atoms with Crippen LogP contribution in [0.4, 0.5) is 18.4 Å². The first kappa shape index (κ1) is 42.9. The summed E-state index contributed by atoms with van der Waals surface area (Å²) in [5.74, 6) is -0.252. The summed E-state index contributed by atoms with van der Waals surface area (Å²) < 4.78 is 36.2. The van der Waals surface area contributed by atoms with Crippen molar-refractivity contribution in [1.82, 2.24) is 14.8 Å². The molecule has 14 heteroatoms. The molecule has 2 atom stereocenters. The Kier molecular flexibility index (Phi) is 16.1. The highest BCUT2D eigenvalue weighted by Gasteiger charge is 2.30. The number of halogens is 3. The predicted octanol–water partition coefficient (Wildman–Crippen LogP) is 9.39. The number of amides is 2. The second-order valence-corrected chi connectivity index (χ2v) is 16.5. The Hall–Kier alpha value is -3.49. The molecule has 3 aromatic rings. The van der Waals surface area contributed by atoms with Gasteiger partial charge < -0.3 is 25.0 Å². The number of rotatable bonds is 5. The highest BCUT2D eigenvalue weighted by molar-refractivity contribution is 9.09. The molecule has 2 aromatic carbocycles. The van der Waals surface area contributed by atoms with E-state index >= 15 is 0 Å². The van der Waals surface area contributed by atoms with Crippen molar-refractivity contribution in [3.8, 4) is 11.3 Å².